The highest BCUT2D eigenvalue weighted by molar-refractivity contribution is 6.74. The highest BCUT2D eigenvalue weighted by Crippen LogP contribution is 2.36. The molecule has 0 saturated heterocycles. The van der Waals surface area contributed by atoms with Crippen LogP contribution in [0.4, 0.5) is 0 Å². The van der Waals surface area contributed by atoms with Gasteiger partial charge >= 0.3 is 0 Å². The minimum Gasteiger partial charge on any atom is -0.485 e. The molecule has 0 saturated carbocycles. The predicted octanol–water partition coefficient (Wildman–Crippen LogP) is 5.85. The van der Waals surface area contributed by atoms with Gasteiger partial charge in [-0.1, -0.05) is 69.5 Å². The second-order valence-electron chi connectivity index (χ2n) is 7.93. The summed E-state index contributed by atoms with van der Waals surface area (Å²) in [5.74, 6) is 0. The lowest BCUT2D eigenvalue weighted by Crippen LogP contribution is -2.45. The third kappa shape index (κ3) is 7.34. The van der Waals surface area contributed by atoms with E-state index in [2.05, 4.69) is 64.9 Å². The van der Waals surface area contributed by atoms with E-state index < -0.39 is 8.32 Å². The zero-order valence-electron chi connectivity index (χ0n) is 17.0. The maximum absolute atomic E-state index is 6.36. The molecule has 0 bridgehead atoms. The Kier molecular flexibility index (Phi) is 9.10. The lowest BCUT2D eigenvalue weighted by molar-refractivity contribution is -0.0660. The van der Waals surface area contributed by atoms with Gasteiger partial charge in [0.05, 0.1) is 13.2 Å². The van der Waals surface area contributed by atoms with Crippen LogP contribution in [0.3, 0.4) is 0 Å². The van der Waals surface area contributed by atoms with E-state index in [0.29, 0.717) is 19.6 Å². The van der Waals surface area contributed by atoms with Crippen molar-refractivity contribution in [2.24, 2.45) is 0 Å². The van der Waals surface area contributed by atoms with Crippen LogP contribution in [0.1, 0.15) is 32.8 Å². The van der Waals surface area contributed by atoms with Gasteiger partial charge in [0.1, 0.15) is 18.5 Å². The molecule has 1 rings (SSSR count). The first-order chi connectivity index (χ1) is 12.2. The van der Waals surface area contributed by atoms with Crippen LogP contribution in [0.15, 0.2) is 61.6 Å². The van der Waals surface area contributed by atoms with Crippen molar-refractivity contribution in [1.29, 1.82) is 0 Å². The van der Waals surface area contributed by atoms with Crippen LogP contribution in [-0.2, 0) is 20.5 Å². The van der Waals surface area contributed by atoms with Crippen molar-refractivity contribution in [2.75, 3.05) is 6.61 Å². The molecule has 3 nitrogen and oxygen atoms in total. The molecule has 144 valence electrons. The van der Waals surface area contributed by atoms with Crippen molar-refractivity contribution in [1.82, 2.24) is 0 Å². The molecule has 1 aromatic rings. The van der Waals surface area contributed by atoms with Crippen LogP contribution < -0.4 is 0 Å². The van der Waals surface area contributed by atoms with Gasteiger partial charge in [0, 0.05) is 0 Å². The van der Waals surface area contributed by atoms with Crippen molar-refractivity contribution >= 4 is 8.32 Å². The van der Waals surface area contributed by atoms with Gasteiger partial charge in [-0.25, -0.2) is 0 Å². The fraction of sp³-hybridized carbons (Fsp3) is 0.500. The predicted molar refractivity (Wildman–Crippen MR) is 112 cm³/mol. The van der Waals surface area contributed by atoms with E-state index in [0.717, 1.165) is 5.56 Å². The lowest BCUT2D eigenvalue weighted by atomic mass is 10.1. The molecule has 0 unspecified atom stereocenters. The smallest absolute Gasteiger partial charge is 0.192 e. The molecule has 0 N–H and O–H groups in total. The van der Waals surface area contributed by atoms with Gasteiger partial charge in [0.25, 0.3) is 0 Å². The third-order valence-corrected chi connectivity index (χ3v) is 9.36. The zero-order valence-corrected chi connectivity index (χ0v) is 18.0. The Morgan fingerprint density at radius 1 is 1.15 bits per heavy atom. The summed E-state index contributed by atoms with van der Waals surface area (Å²) in [6, 6.07) is 10.1. The van der Waals surface area contributed by atoms with Gasteiger partial charge in [0.15, 0.2) is 8.32 Å². The average Bonchev–Trinajstić information content (AvgIpc) is 2.59. The summed E-state index contributed by atoms with van der Waals surface area (Å²) < 4.78 is 18.3. The minimum absolute atomic E-state index is 0.144. The lowest BCUT2D eigenvalue weighted by Gasteiger charge is -2.38. The molecule has 26 heavy (non-hydrogen) atoms. The molecule has 0 spiro atoms. The first-order valence-electron chi connectivity index (χ1n) is 9.11. The Hall–Kier alpha value is -1.58. The molecule has 0 heterocycles. The molecular weight excluding hydrogens is 340 g/mol. The monoisotopic (exact) mass is 374 g/mol. The Bertz CT molecular complexity index is 583. The summed E-state index contributed by atoms with van der Waals surface area (Å²) >= 11 is 0. The van der Waals surface area contributed by atoms with E-state index in [-0.39, 0.29) is 17.2 Å². The summed E-state index contributed by atoms with van der Waals surface area (Å²) in [5.41, 5.74) is 3.80. The Labute approximate surface area is 160 Å². The van der Waals surface area contributed by atoms with Crippen LogP contribution in [0.25, 0.3) is 0 Å². The topological polar surface area (TPSA) is 27.7 Å². The standard InChI is InChI=1S/C22H34O3Si/c1-8-13-20(24-17-19-14-11-10-12-15-19)21(23-16-9-2)18-25-26(6,7)22(3,4)5/h8,10-12,14-16,20-21H,1-2,13,17-18H2,3-7H3/t20-,21+/m0/s1. The Morgan fingerprint density at radius 2 is 1.81 bits per heavy atom. The van der Waals surface area contributed by atoms with Gasteiger partial charge in [-0.3, -0.25) is 0 Å². The summed E-state index contributed by atoms with van der Waals surface area (Å²) in [7, 11) is -1.87. The zero-order chi connectivity index (χ0) is 19.6. The molecule has 0 radical (unpaired) electrons. The molecular formula is C22H34O3Si. The third-order valence-electron chi connectivity index (χ3n) is 4.86. The van der Waals surface area contributed by atoms with E-state index in [1.165, 1.54) is 6.26 Å². The SMILES string of the molecule is C=C=CO[C@H](CO[Si](C)(C)C(C)(C)C)[C@H](CC=C)OCc1ccccc1. The molecule has 4 heteroatoms. The number of hydrogen-bond donors (Lipinski definition) is 0. The fourth-order valence-electron chi connectivity index (χ4n) is 2.15. The van der Waals surface area contributed by atoms with Gasteiger partial charge in [-0.15, -0.1) is 6.58 Å². The highest BCUT2D eigenvalue weighted by Gasteiger charge is 2.38. The normalized spacial score (nSPS) is 14.2. The summed E-state index contributed by atoms with van der Waals surface area (Å²) in [6.45, 7) is 19.6. The van der Waals surface area contributed by atoms with E-state index in [1.807, 2.05) is 24.3 Å². The first-order valence-corrected chi connectivity index (χ1v) is 12.0. The number of benzene rings is 1. The highest BCUT2D eigenvalue weighted by atomic mass is 28.4. The maximum atomic E-state index is 6.36. The molecule has 0 aliphatic carbocycles. The van der Waals surface area contributed by atoms with E-state index in [1.54, 1.807) is 0 Å². The molecule has 0 fully saturated rings. The first kappa shape index (κ1) is 22.5. The van der Waals surface area contributed by atoms with Crippen molar-refractivity contribution < 1.29 is 13.9 Å². The van der Waals surface area contributed by atoms with E-state index in [4.69, 9.17) is 13.9 Å². The fourth-order valence-corrected chi connectivity index (χ4v) is 3.16. The quantitative estimate of drug-likeness (QED) is 0.210. The van der Waals surface area contributed by atoms with Gasteiger partial charge < -0.3 is 13.9 Å². The average molecular weight is 375 g/mol. The van der Waals surface area contributed by atoms with Gasteiger partial charge in [-0.05, 0) is 30.1 Å². The molecule has 0 aliphatic rings. The number of ether oxygens (including phenoxy) is 2. The Morgan fingerprint density at radius 3 is 2.35 bits per heavy atom. The molecule has 0 amide bonds. The second-order valence-corrected chi connectivity index (χ2v) is 12.7. The molecule has 1 aromatic carbocycles. The van der Waals surface area contributed by atoms with Crippen molar-refractivity contribution in [3.05, 3.63) is 67.1 Å². The van der Waals surface area contributed by atoms with E-state index >= 15 is 0 Å². The number of rotatable bonds is 11. The summed E-state index contributed by atoms with van der Waals surface area (Å²) in [5, 5.41) is 0.144. The van der Waals surface area contributed by atoms with Crippen molar-refractivity contribution in [3.8, 4) is 0 Å². The minimum atomic E-state index is -1.87. The summed E-state index contributed by atoms with van der Waals surface area (Å²) in [6.07, 6.45) is 3.64. The van der Waals surface area contributed by atoms with Crippen LogP contribution in [0, 0.1) is 0 Å². The largest absolute Gasteiger partial charge is 0.485 e. The summed E-state index contributed by atoms with van der Waals surface area (Å²) in [4.78, 5) is 0. The molecule has 0 aliphatic heterocycles. The van der Waals surface area contributed by atoms with Gasteiger partial charge in [0.2, 0.25) is 0 Å². The maximum Gasteiger partial charge on any atom is 0.192 e. The van der Waals surface area contributed by atoms with Crippen LogP contribution >= 0.6 is 0 Å². The number of hydrogen-bond acceptors (Lipinski definition) is 3. The Balaban J connectivity index is 2.83. The molecule has 2 atom stereocenters. The van der Waals surface area contributed by atoms with E-state index in [9.17, 15) is 0 Å². The van der Waals surface area contributed by atoms with Crippen LogP contribution in [0.5, 0.6) is 0 Å². The molecule has 0 aromatic heterocycles. The van der Waals surface area contributed by atoms with Crippen LogP contribution in [-0.4, -0.2) is 27.1 Å². The van der Waals surface area contributed by atoms with Crippen molar-refractivity contribution in [3.63, 3.8) is 0 Å². The second kappa shape index (κ2) is 10.5. The van der Waals surface area contributed by atoms with Crippen LogP contribution in [0.2, 0.25) is 18.1 Å². The van der Waals surface area contributed by atoms with Crippen molar-refractivity contribution in [2.45, 2.75) is 64.1 Å². The van der Waals surface area contributed by atoms with Gasteiger partial charge in [-0.2, -0.15) is 0 Å².